The Bertz CT molecular complexity index is 1100. The van der Waals surface area contributed by atoms with E-state index in [0.29, 0.717) is 18.8 Å². The monoisotopic (exact) mass is 478 g/mol. The topological polar surface area (TPSA) is 131 Å². The number of aliphatic hydroxyl groups is 1. The first-order valence-electron chi connectivity index (χ1n) is 12.5. The van der Waals surface area contributed by atoms with Crippen molar-refractivity contribution in [3.63, 3.8) is 0 Å². The van der Waals surface area contributed by atoms with E-state index in [4.69, 9.17) is 0 Å². The Morgan fingerprint density at radius 1 is 1.26 bits per heavy atom. The van der Waals surface area contributed by atoms with Crippen LogP contribution in [-0.4, -0.2) is 55.8 Å². The van der Waals surface area contributed by atoms with E-state index in [0.717, 1.165) is 43.4 Å². The van der Waals surface area contributed by atoms with Gasteiger partial charge in [-0.2, -0.15) is 5.26 Å². The van der Waals surface area contributed by atoms with Gasteiger partial charge >= 0.3 is 0 Å². The van der Waals surface area contributed by atoms with E-state index in [1.54, 1.807) is 24.7 Å². The second-order valence-corrected chi connectivity index (χ2v) is 10.5. The highest BCUT2D eigenvalue weighted by Gasteiger charge is 2.51. The normalized spacial score (nSPS) is 29.3. The molecule has 5 rings (SSSR count). The molecule has 10 heteroatoms. The van der Waals surface area contributed by atoms with Crippen LogP contribution < -0.4 is 16.1 Å². The van der Waals surface area contributed by atoms with Crippen LogP contribution >= 0.6 is 0 Å². The SMILES string of the molecule is CC(C)(O)c1cn(Cc2cccc(NC3NN([C@H]4CCCC[C@@H]4C#N)C4CCNC(=O)C34)c2)nn1. The smallest absolute Gasteiger partial charge is 0.228 e. The van der Waals surface area contributed by atoms with E-state index in [1.807, 2.05) is 24.3 Å². The lowest BCUT2D eigenvalue weighted by Crippen LogP contribution is -2.54. The number of nitrogens with one attached hydrogen (secondary N) is 3. The molecular formula is C25H34N8O2. The molecule has 35 heavy (non-hydrogen) atoms. The summed E-state index contributed by atoms with van der Waals surface area (Å²) in [6.07, 6.45) is 6.46. The number of hydrogen-bond donors (Lipinski definition) is 4. The number of aromatic nitrogens is 3. The molecule has 3 aliphatic rings. The minimum Gasteiger partial charge on any atom is -0.384 e. The van der Waals surface area contributed by atoms with Crippen molar-refractivity contribution in [2.45, 2.75) is 76.3 Å². The third-order valence-electron chi connectivity index (χ3n) is 7.47. The number of piperidine rings is 1. The standard InChI is InChI=1S/C25H34N8O2/c1-25(2,35)21-15-32(31-29-21)14-16-6-5-8-18(12-16)28-23-22-20(10-11-27-24(22)34)33(30-23)19-9-4-3-7-17(19)13-26/h5-6,8,12,15,17,19-20,22-23,28,30,35H,3-4,7,9-11,14H2,1-2H3,(H,27,34)/t17-,19+,20?,22?,23?/m1/s1. The lowest BCUT2D eigenvalue weighted by atomic mass is 9.83. The average molecular weight is 479 g/mol. The second-order valence-electron chi connectivity index (χ2n) is 10.5. The van der Waals surface area contributed by atoms with E-state index in [9.17, 15) is 15.2 Å². The Morgan fingerprint density at radius 3 is 2.86 bits per heavy atom. The van der Waals surface area contributed by atoms with Crippen molar-refractivity contribution in [2.75, 3.05) is 11.9 Å². The number of rotatable bonds is 6. The Kier molecular flexibility index (Phi) is 6.49. The molecule has 5 atom stereocenters. The summed E-state index contributed by atoms with van der Waals surface area (Å²) in [4.78, 5) is 12.9. The summed E-state index contributed by atoms with van der Waals surface area (Å²) in [7, 11) is 0. The fraction of sp³-hybridized carbons (Fsp3) is 0.600. The molecule has 10 nitrogen and oxygen atoms in total. The van der Waals surface area contributed by atoms with Crippen LogP contribution in [0.2, 0.25) is 0 Å². The highest BCUT2D eigenvalue weighted by atomic mass is 16.3. The minimum absolute atomic E-state index is 0.0135. The largest absolute Gasteiger partial charge is 0.384 e. The number of anilines is 1. The molecule has 186 valence electrons. The summed E-state index contributed by atoms with van der Waals surface area (Å²) in [6.45, 7) is 4.55. The number of fused-ring (bicyclic) bond motifs is 1. The van der Waals surface area contributed by atoms with Gasteiger partial charge in [0.05, 0.1) is 30.6 Å². The second kappa shape index (κ2) is 9.57. The Labute approximate surface area is 205 Å². The van der Waals surface area contributed by atoms with E-state index < -0.39 is 5.60 Å². The van der Waals surface area contributed by atoms with Gasteiger partial charge in [0.2, 0.25) is 5.91 Å². The molecule has 1 aromatic heterocycles. The molecule has 2 aliphatic heterocycles. The molecule has 1 aliphatic carbocycles. The number of nitrogens with zero attached hydrogens (tertiary/aromatic N) is 5. The fourth-order valence-corrected chi connectivity index (χ4v) is 5.68. The summed E-state index contributed by atoms with van der Waals surface area (Å²) in [5.41, 5.74) is 5.00. The van der Waals surface area contributed by atoms with Gasteiger partial charge in [0.15, 0.2) is 0 Å². The number of benzene rings is 1. The summed E-state index contributed by atoms with van der Waals surface area (Å²) >= 11 is 0. The molecule has 1 amide bonds. The number of carbonyl (C=O) groups excluding carboxylic acids is 1. The molecule has 0 bridgehead atoms. The molecule has 1 aromatic carbocycles. The van der Waals surface area contributed by atoms with Gasteiger partial charge in [0.25, 0.3) is 0 Å². The summed E-state index contributed by atoms with van der Waals surface area (Å²) < 4.78 is 1.71. The van der Waals surface area contributed by atoms with Gasteiger partial charge in [-0.25, -0.2) is 15.1 Å². The molecule has 1 saturated carbocycles. The fourth-order valence-electron chi connectivity index (χ4n) is 5.68. The zero-order valence-corrected chi connectivity index (χ0v) is 20.3. The third-order valence-corrected chi connectivity index (χ3v) is 7.47. The van der Waals surface area contributed by atoms with Gasteiger partial charge in [-0.05, 0) is 50.8 Å². The predicted molar refractivity (Wildman–Crippen MR) is 129 cm³/mol. The van der Waals surface area contributed by atoms with Crippen molar-refractivity contribution < 1.29 is 9.90 Å². The van der Waals surface area contributed by atoms with Crippen molar-refractivity contribution in [3.8, 4) is 6.07 Å². The van der Waals surface area contributed by atoms with Crippen LogP contribution in [0, 0.1) is 23.2 Å². The van der Waals surface area contributed by atoms with Crippen molar-refractivity contribution >= 4 is 11.6 Å². The first kappa shape index (κ1) is 23.7. The van der Waals surface area contributed by atoms with Gasteiger partial charge in [0.1, 0.15) is 17.5 Å². The Hall–Kier alpha value is -3.00. The third kappa shape index (κ3) is 4.89. The predicted octanol–water partition coefficient (Wildman–Crippen LogP) is 1.70. The van der Waals surface area contributed by atoms with Crippen LogP contribution in [0.4, 0.5) is 5.69 Å². The summed E-state index contributed by atoms with van der Waals surface area (Å²) in [6, 6.07) is 10.7. The van der Waals surface area contributed by atoms with Gasteiger partial charge in [0, 0.05) is 24.3 Å². The van der Waals surface area contributed by atoms with Crippen molar-refractivity contribution in [3.05, 3.63) is 41.7 Å². The van der Waals surface area contributed by atoms with Crippen molar-refractivity contribution in [1.82, 2.24) is 30.7 Å². The lowest BCUT2D eigenvalue weighted by molar-refractivity contribution is -0.128. The zero-order valence-electron chi connectivity index (χ0n) is 20.3. The van der Waals surface area contributed by atoms with Crippen molar-refractivity contribution in [2.24, 2.45) is 11.8 Å². The van der Waals surface area contributed by atoms with Gasteiger partial charge < -0.3 is 15.7 Å². The molecular weight excluding hydrogens is 444 g/mol. The van der Waals surface area contributed by atoms with Gasteiger partial charge in [-0.1, -0.05) is 30.2 Å². The molecule has 4 N–H and O–H groups in total. The Balaban J connectivity index is 1.33. The number of hydrazine groups is 1. The first-order valence-corrected chi connectivity index (χ1v) is 12.5. The van der Waals surface area contributed by atoms with E-state index in [-0.39, 0.29) is 36.0 Å². The number of amides is 1. The van der Waals surface area contributed by atoms with E-state index in [1.165, 1.54) is 0 Å². The van der Waals surface area contributed by atoms with Gasteiger partial charge in [-0.15, -0.1) is 5.10 Å². The molecule has 3 heterocycles. The van der Waals surface area contributed by atoms with E-state index in [2.05, 4.69) is 37.4 Å². The summed E-state index contributed by atoms with van der Waals surface area (Å²) in [5, 5.41) is 36.9. The van der Waals surface area contributed by atoms with Crippen LogP contribution in [0.15, 0.2) is 30.5 Å². The lowest BCUT2D eigenvalue weighted by Gasteiger charge is -2.39. The maximum atomic E-state index is 12.9. The zero-order chi connectivity index (χ0) is 24.6. The molecule has 2 saturated heterocycles. The highest BCUT2D eigenvalue weighted by Crippen LogP contribution is 2.36. The van der Waals surface area contributed by atoms with Crippen LogP contribution in [0.25, 0.3) is 0 Å². The van der Waals surface area contributed by atoms with Gasteiger partial charge in [-0.3, -0.25) is 4.79 Å². The Morgan fingerprint density at radius 2 is 2.09 bits per heavy atom. The molecule has 0 spiro atoms. The first-order chi connectivity index (χ1) is 16.8. The maximum absolute atomic E-state index is 12.9. The molecule has 2 aromatic rings. The molecule has 3 fully saturated rings. The van der Waals surface area contributed by atoms with Crippen LogP contribution in [-0.2, 0) is 16.9 Å². The quantitative estimate of drug-likeness (QED) is 0.493. The van der Waals surface area contributed by atoms with Crippen LogP contribution in [0.1, 0.15) is 57.2 Å². The molecule has 0 radical (unpaired) electrons. The van der Waals surface area contributed by atoms with E-state index >= 15 is 0 Å². The number of nitriles is 1. The van der Waals surface area contributed by atoms with Crippen molar-refractivity contribution in [1.29, 1.82) is 5.26 Å². The number of carbonyl (C=O) groups is 1. The van der Waals surface area contributed by atoms with Crippen LogP contribution in [0.5, 0.6) is 0 Å². The number of hydrogen-bond acceptors (Lipinski definition) is 8. The minimum atomic E-state index is -1.04. The average Bonchev–Trinajstić information content (AvgIpc) is 3.45. The maximum Gasteiger partial charge on any atom is 0.228 e. The summed E-state index contributed by atoms with van der Waals surface area (Å²) in [5.74, 6) is -0.199. The highest BCUT2D eigenvalue weighted by molar-refractivity contribution is 5.82. The van der Waals surface area contributed by atoms with Crippen LogP contribution in [0.3, 0.4) is 0 Å². The molecule has 3 unspecified atom stereocenters.